The van der Waals surface area contributed by atoms with E-state index in [1.165, 1.54) is 0 Å². The number of likely N-dealkylation sites (tertiary alicyclic amines) is 1. The van der Waals surface area contributed by atoms with E-state index in [-0.39, 0.29) is 12.1 Å². The third kappa shape index (κ3) is 3.65. The number of hydrogen-bond donors (Lipinski definition) is 2. The molecule has 0 amide bonds. The molecule has 0 aliphatic carbocycles. The van der Waals surface area contributed by atoms with Crippen molar-refractivity contribution in [3.8, 4) is 0 Å². The number of aliphatic hydroxyl groups excluding tert-OH is 1. The monoisotopic (exact) mass is 257 g/mol. The third-order valence-electron chi connectivity index (χ3n) is 4.08. The van der Waals surface area contributed by atoms with Gasteiger partial charge in [0.2, 0.25) is 0 Å². The fourth-order valence-electron chi connectivity index (χ4n) is 3.10. The summed E-state index contributed by atoms with van der Waals surface area (Å²) < 4.78 is 5.53. The number of hydrogen-bond acceptors (Lipinski definition) is 5. The number of likely N-dealkylation sites (N-methyl/N-ethyl adjacent to an activating group) is 1. The van der Waals surface area contributed by atoms with Gasteiger partial charge in [0.05, 0.1) is 12.7 Å². The van der Waals surface area contributed by atoms with Crippen molar-refractivity contribution in [1.29, 1.82) is 0 Å². The van der Waals surface area contributed by atoms with E-state index in [0.29, 0.717) is 12.0 Å². The van der Waals surface area contributed by atoms with Gasteiger partial charge in [-0.1, -0.05) is 0 Å². The molecule has 2 aliphatic heterocycles. The van der Waals surface area contributed by atoms with Crippen molar-refractivity contribution < 1.29 is 9.84 Å². The fourth-order valence-corrected chi connectivity index (χ4v) is 3.10. The van der Waals surface area contributed by atoms with Gasteiger partial charge in [-0.25, -0.2) is 0 Å². The van der Waals surface area contributed by atoms with Crippen molar-refractivity contribution in [3.63, 3.8) is 0 Å². The molecule has 0 aromatic rings. The van der Waals surface area contributed by atoms with Crippen molar-refractivity contribution in [2.24, 2.45) is 11.7 Å². The zero-order valence-corrected chi connectivity index (χ0v) is 11.6. The van der Waals surface area contributed by atoms with Crippen LogP contribution in [-0.4, -0.2) is 80.0 Å². The zero-order valence-electron chi connectivity index (χ0n) is 11.6. The molecule has 2 heterocycles. The number of β-amino-alcohol motifs (C(OH)–C–C–N with tert-alkyl or cyclic N) is 1. The van der Waals surface area contributed by atoms with Crippen LogP contribution in [0.1, 0.15) is 12.8 Å². The summed E-state index contributed by atoms with van der Waals surface area (Å²) in [5.74, 6) is 0.411. The molecule has 18 heavy (non-hydrogen) atoms. The van der Waals surface area contributed by atoms with Gasteiger partial charge in [0.1, 0.15) is 0 Å². The molecule has 0 spiro atoms. The molecule has 0 aromatic carbocycles. The molecule has 0 bridgehead atoms. The summed E-state index contributed by atoms with van der Waals surface area (Å²) in [5.41, 5.74) is 6.16. The quantitative estimate of drug-likeness (QED) is 0.700. The van der Waals surface area contributed by atoms with Crippen LogP contribution in [0.2, 0.25) is 0 Å². The molecule has 2 rings (SSSR count). The average Bonchev–Trinajstić information content (AvgIpc) is 2.61. The molecule has 106 valence electrons. The summed E-state index contributed by atoms with van der Waals surface area (Å²) >= 11 is 0. The minimum Gasteiger partial charge on any atom is -0.392 e. The van der Waals surface area contributed by atoms with Crippen LogP contribution < -0.4 is 5.73 Å². The predicted octanol–water partition coefficient (Wildman–Crippen LogP) is -0.653. The molecule has 0 aromatic heterocycles. The van der Waals surface area contributed by atoms with Crippen LogP contribution in [0.15, 0.2) is 0 Å². The Morgan fingerprint density at radius 3 is 2.89 bits per heavy atom. The van der Waals surface area contributed by atoms with E-state index in [2.05, 4.69) is 23.9 Å². The highest BCUT2D eigenvalue weighted by Gasteiger charge is 2.34. The normalized spacial score (nSPS) is 38.5. The first kappa shape index (κ1) is 14.2. The van der Waals surface area contributed by atoms with Gasteiger partial charge < -0.3 is 20.5 Å². The predicted molar refractivity (Wildman–Crippen MR) is 71.4 cm³/mol. The summed E-state index contributed by atoms with van der Waals surface area (Å²) in [4.78, 5) is 4.58. The van der Waals surface area contributed by atoms with Crippen molar-refractivity contribution in [2.75, 3.05) is 46.9 Å². The molecule has 2 saturated heterocycles. The largest absolute Gasteiger partial charge is 0.392 e. The Kier molecular flexibility index (Phi) is 4.98. The molecule has 0 saturated carbocycles. The molecular weight excluding hydrogens is 230 g/mol. The van der Waals surface area contributed by atoms with E-state index in [1.807, 2.05) is 0 Å². The van der Waals surface area contributed by atoms with Crippen LogP contribution in [0.3, 0.4) is 0 Å². The summed E-state index contributed by atoms with van der Waals surface area (Å²) in [5, 5.41) is 9.86. The number of nitrogens with two attached hydrogens (primary N) is 1. The van der Waals surface area contributed by atoms with Crippen LogP contribution in [0.25, 0.3) is 0 Å². The smallest absolute Gasteiger partial charge is 0.0682 e. The molecule has 5 heteroatoms. The summed E-state index contributed by atoms with van der Waals surface area (Å²) in [6, 6.07) is 0.695. The van der Waals surface area contributed by atoms with E-state index in [0.717, 1.165) is 45.7 Å². The van der Waals surface area contributed by atoms with E-state index in [1.54, 1.807) is 0 Å². The second-order valence-electron chi connectivity index (χ2n) is 6.05. The Morgan fingerprint density at radius 1 is 1.44 bits per heavy atom. The Labute approximate surface area is 110 Å². The van der Waals surface area contributed by atoms with Gasteiger partial charge in [-0.05, 0) is 26.9 Å². The van der Waals surface area contributed by atoms with Gasteiger partial charge in [-0.2, -0.15) is 0 Å². The number of nitrogens with zero attached hydrogens (tertiary/aromatic N) is 2. The van der Waals surface area contributed by atoms with Gasteiger partial charge in [-0.15, -0.1) is 0 Å². The van der Waals surface area contributed by atoms with Crippen LogP contribution in [0.5, 0.6) is 0 Å². The van der Waals surface area contributed by atoms with Crippen LogP contribution in [-0.2, 0) is 4.74 Å². The molecule has 0 radical (unpaired) electrons. The first-order valence-electron chi connectivity index (χ1n) is 6.96. The maximum atomic E-state index is 9.86. The lowest BCUT2D eigenvalue weighted by Gasteiger charge is -2.35. The van der Waals surface area contributed by atoms with Crippen molar-refractivity contribution in [1.82, 2.24) is 9.80 Å². The van der Waals surface area contributed by atoms with E-state index in [9.17, 15) is 5.11 Å². The van der Waals surface area contributed by atoms with Gasteiger partial charge in [0.25, 0.3) is 0 Å². The standard InChI is InChI=1S/C13H27N3O2/c1-15(2)7-11-5-12(17)8-16(11)6-10-9-18-4-3-13(10)14/h10-13,17H,3-9,14H2,1-2H3. The van der Waals surface area contributed by atoms with Crippen molar-refractivity contribution in [2.45, 2.75) is 31.0 Å². The lowest BCUT2D eigenvalue weighted by Crippen LogP contribution is -2.48. The lowest BCUT2D eigenvalue weighted by atomic mass is 9.96. The molecule has 3 N–H and O–H groups in total. The van der Waals surface area contributed by atoms with Crippen LogP contribution >= 0.6 is 0 Å². The molecule has 2 aliphatic rings. The first-order chi connectivity index (χ1) is 8.56. The third-order valence-corrected chi connectivity index (χ3v) is 4.08. The number of aliphatic hydroxyl groups is 1. The number of rotatable bonds is 4. The Bertz CT molecular complexity index is 263. The topological polar surface area (TPSA) is 62.0 Å². The first-order valence-corrected chi connectivity index (χ1v) is 6.96. The second-order valence-corrected chi connectivity index (χ2v) is 6.05. The SMILES string of the molecule is CN(C)CC1CC(O)CN1CC1COCCC1N. The van der Waals surface area contributed by atoms with Crippen molar-refractivity contribution in [3.05, 3.63) is 0 Å². The fraction of sp³-hybridized carbons (Fsp3) is 1.00. The van der Waals surface area contributed by atoms with E-state index in [4.69, 9.17) is 10.5 Å². The Morgan fingerprint density at radius 2 is 2.22 bits per heavy atom. The maximum Gasteiger partial charge on any atom is 0.0682 e. The highest BCUT2D eigenvalue weighted by Crippen LogP contribution is 2.22. The van der Waals surface area contributed by atoms with Gasteiger partial charge in [0.15, 0.2) is 0 Å². The molecule has 4 atom stereocenters. The minimum absolute atomic E-state index is 0.185. The second kappa shape index (κ2) is 6.30. The van der Waals surface area contributed by atoms with E-state index >= 15 is 0 Å². The average molecular weight is 257 g/mol. The summed E-state index contributed by atoms with van der Waals surface area (Å²) in [6.45, 7) is 4.29. The highest BCUT2D eigenvalue weighted by atomic mass is 16.5. The lowest BCUT2D eigenvalue weighted by molar-refractivity contribution is 0.0216. The van der Waals surface area contributed by atoms with E-state index < -0.39 is 0 Å². The molecule has 4 unspecified atom stereocenters. The molecule has 2 fully saturated rings. The molecular formula is C13H27N3O2. The summed E-state index contributed by atoms with van der Waals surface area (Å²) in [7, 11) is 4.16. The van der Waals surface area contributed by atoms with Gasteiger partial charge in [0, 0.05) is 44.2 Å². The highest BCUT2D eigenvalue weighted by molar-refractivity contribution is 4.89. The van der Waals surface area contributed by atoms with Gasteiger partial charge >= 0.3 is 0 Å². The Hall–Kier alpha value is -0.200. The summed E-state index contributed by atoms with van der Waals surface area (Å²) in [6.07, 6.45) is 1.65. The van der Waals surface area contributed by atoms with Gasteiger partial charge in [-0.3, -0.25) is 4.90 Å². The molecule has 5 nitrogen and oxygen atoms in total. The maximum absolute atomic E-state index is 9.86. The van der Waals surface area contributed by atoms with Crippen LogP contribution in [0.4, 0.5) is 0 Å². The van der Waals surface area contributed by atoms with Crippen molar-refractivity contribution >= 4 is 0 Å². The number of ether oxygens (including phenoxy) is 1. The minimum atomic E-state index is -0.185. The Balaban J connectivity index is 1.89. The zero-order chi connectivity index (χ0) is 13.1. The van der Waals surface area contributed by atoms with Crippen LogP contribution in [0, 0.1) is 5.92 Å².